The summed E-state index contributed by atoms with van der Waals surface area (Å²) in [5.74, 6) is 0. The van der Waals surface area contributed by atoms with Crippen molar-refractivity contribution in [3.05, 3.63) is 35.9 Å². The molecule has 0 unspecified atom stereocenters. The van der Waals surface area contributed by atoms with Gasteiger partial charge in [-0.15, -0.1) is 0 Å². The van der Waals surface area contributed by atoms with E-state index in [9.17, 15) is 0 Å². The van der Waals surface area contributed by atoms with Gasteiger partial charge in [-0.2, -0.15) is 5.26 Å². The van der Waals surface area contributed by atoms with Crippen LogP contribution in [-0.4, -0.2) is 10.9 Å². The van der Waals surface area contributed by atoms with Gasteiger partial charge >= 0.3 is 29.6 Å². The zero-order valence-corrected chi connectivity index (χ0v) is 8.73. The van der Waals surface area contributed by atoms with Crippen molar-refractivity contribution in [1.29, 1.82) is 5.26 Å². The molecule has 4 heteroatoms. The molecule has 0 aliphatic carbocycles. The van der Waals surface area contributed by atoms with Gasteiger partial charge in [-0.1, -0.05) is 35.5 Å². The minimum Gasteiger partial charge on any atom is -1.00 e. The molecule has 0 saturated carbocycles. The monoisotopic (exact) mass is 170 g/mol. The largest absolute Gasteiger partial charge is 1.00 e. The van der Waals surface area contributed by atoms with Gasteiger partial charge in [0, 0.05) is 5.56 Å². The van der Waals surface area contributed by atoms with Gasteiger partial charge in [0.15, 0.2) is 5.71 Å². The summed E-state index contributed by atoms with van der Waals surface area (Å²) in [6.45, 7) is 0. The fourth-order valence-electron chi connectivity index (χ4n) is 0.741. The number of nitriles is 1. The fraction of sp³-hybridized carbons (Fsp3) is 0. The molecule has 0 aliphatic heterocycles. The van der Waals surface area contributed by atoms with Gasteiger partial charge < -0.3 is 6.63 Å². The fourth-order valence-corrected chi connectivity index (χ4v) is 0.741. The quantitative estimate of drug-likeness (QED) is 0.241. The van der Waals surface area contributed by atoms with Crippen LogP contribution in [0.5, 0.6) is 0 Å². The van der Waals surface area contributed by atoms with Crippen molar-refractivity contribution in [2.45, 2.75) is 0 Å². The molecule has 0 radical (unpaired) electrons. The van der Waals surface area contributed by atoms with E-state index in [4.69, 9.17) is 10.5 Å². The second-order valence-corrected chi connectivity index (χ2v) is 1.93. The Morgan fingerprint density at radius 3 is 2.42 bits per heavy atom. The smallest absolute Gasteiger partial charge is 1.00 e. The molecular formula is C8H7N2NaO. The Kier molecular flexibility index (Phi) is 5.39. The molecule has 56 valence electrons. The van der Waals surface area contributed by atoms with E-state index in [0.717, 1.165) is 0 Å². The van der Waals surface area contributed by atoms with Crippen LogP contribution < -0.4 is 29.6 Å². The zero-order valence-electron chi connectivity index (χ0n) is 7.73. The summed E-state index contributed by atoms with van der Waals surface area (Å²) in [6, 6.07) is 10.6. The molecular weight excluding hydrogens is 163 g/mol. The molecule has 1 rings (SSSR count). The molecule has 0 fully saturated rings. The summed E-state index contributed by atoms with van der Waals surface area (Å²) in [5, 5.41) is 19.6. The van der Waals surface area contributed by atoms with Crippen molar-refractivity contribution in [3.8, 4) is 6.07 Å². The van der Waals surface area contributed by atoms with Crippen LogP contribution in [0, 0.1) is 11.3 Å². The van der Waals surface area contributed by atoms with E-state index in [1.807, 2.05) is 6.07 Å². The Morgan fingerprint density at radius 2 is 2.00 bits per heavy atom. The second-order valence-electron chi connectivity index (χ2n) is 1.93. The van der Waals surface area contributed by atoms with Crippen molar-refractivity contribution < 1.29 is 36.2 Å². The van der Waals surface area contributed by atoms with Crippen LogP contribution in [-0.2, 0) is 0 Å². The molecule has 0 heterocycles. The summed E-state index contributed by atoms with van der Waals surface area (Å²) in [6.07, 6.45) is 0. The molecule has 0 bridgehead atoms. The maximum atomic E-state index is 8.44. The number of rotatable bonds is 1. The van der Waals surface area contributed by atoms with Crippen LogP contribution in [0.2, 0.25) is 0 Å². The van der Waals surface area contributed by atoms with Crippen LogP contribution in [0.4, 0.5) is 0 Å². The number of nitrogens with zero attached hydrogens (tertiary/aromatic N) is 2. The number of benzene rings is 1. The Hall–Kier alpha value is -0.820. The van der Waals surface area contributed by atoms with Crippen LogP contribution in [0.3, 0.4) is 0 Å². The van der Waals surface area contributed by atoms with E-state index in [-0.39, 0.29) is 36.7 Å². The maximum absolute atomic E-state index is 8.44. The molecule has 1 N–H and O–H groups in total. The third-order valence-electron chi connectivity index (χ3n) is 1.25. The standard InChI is InChI=1S/C8H6N2O.Na.H/c9-6-8(10-11)7-4-2-1-3-5-7;;/h1-5,11H;;/q;+1;-1/b10-8-;;. The zero-order chi connectivity index (χ0) is 8.10. The minimum absolute atomic E-state index is 0. The summed E-state index contributed by atoms with van der Waals surface area (Å²) in [4.78, 5) is 0. The first kappa shape index (κ1) is 11.2. The second kappa shape index (κ2) is 5.78. The van der Waals surface area contributed by atoms with E-state index in [1.165, 1.54) is 0 Å². The third-order valence-corrected chi connectivity index (χ3v) is 1.25. The van der Waals surface area contributed by atoms with E-state index >= 15 is 0 Å². The molecule has 1 aromatic rings. The normalized spacial score (nSPS) is 9.75. The molecule has 0 spiro atoms. The maximum Gasteiger partial charge on any atom is 1.00 e. The molecule has 0 atom stereocenters. The molecule has 3 nitrogen and oxygen atoms in total. The number of oxime groups is 1. The Balaban J connectivity index is 0. The van der Waals surface area contributed by atoms with E-state index in [1.54, 1.807) is 30.3 Å². The number of hydrogen-bond acceptors (Lipinski definition) is 3. The summed E-state index contributed by atoms with van der Waals surface area (Å²) in [7, 11) is 0. The van der Waals surface area contributed by atoms with Crippen LogP contribution in [0.25, 0.3) is 0 Å². The van der Waals surface area contributed by atoms with Crippen LogP contribution in [0.1, 0.15) is 6.99 Å². The average molecular weight is 170 g/mol. The van der Waals surface area contributed by atoms with Crippen LogP contribution in [0.15, 0.2) is 35.5 Å². The first-order valence-corrected chi connectivity index (χ1v) is 3.06. The molecule has 0 aliphatic rings. The van der Waals surface area contributed by atoms with Crippen LogP contribution >= 0.6 is 0 Å². The van der Waals surface area contributed by atoms with E-state index in [2.05, 4.69) is 5.16 Å². The molecule has 0 aromatic heterocycles. The van der Waals surface area contributed by atoms with Gasteiger partial charge in [0.05, 0.1) is 0 Å². The van der Waals surface area contributed by atoms with Crippen molar-refractivity contribution >= 4 is 5.71 Å². The molecule has 12 heavy (non-hydrogen) atoms. The van der Waals surface area contributed by atoms with Gasteiger partial charge in [0.2, 0.25) is 0 Å². The van der Waals surface area contributed by atoms with Crippen molar-refractivity contribution in [3.63, 3.8) is 0 Å². The summed E-state index contributed by atoms with van der Waals surface area (Å²) >= 11 is 0. The van der Waals surface area contributed by atoms with E-state index in [0.29, 0.717) is 5.56 Å². The Labute approximate surface area is 94.1 Å². The minimum atomic E-state index is 0. The van der Waals surface area contributed by atoms with Gasteiger partial charge in [-0.3, -0.25) is 0 Å². The van der Waals surface area contributed by atoms with Gasteiger partial charge in [0.1, 0.15) is 6.07 Å². The van der Waals surface area contributed by atoms with Crippen molar-refractivity contribution in [1.82, 2.24) is 0 Å². The summed E-state index contributed by atoms with van der Waals surface area (Å²) < 4.78 is 0. The van der Waals surface area contributed by atoms with Crippen molar-refractivity contribution in [2.24, 2.45) is 5.16 Å². The Morgan fingerprint density at radius 1 is 1.42 bits per heavy atom. The summed E-state index contributed by atoms with van der Waals surface area (Å²) in [5.41, 5.74) is 0.656. The third kappa shape index (κ3) is 2.67. The van der Waals surface area contributed by atoms with Gasteiger partial charge in [-0.25, -0.2) is 0 Å². The number of hydrogen-bond donors (Lipinski definition) is 1. The predicted molar refractivity (Wildman–Crippen MR) is 41.5 cm³/mol. The molecule has 0 saturated heterocycles. The molecule has 1 aromatic carbocycles. The Bertz CT molecular complexity index is 308. The first-order chi connectivity index (χ1) is 5.38. The average Bonchev–Trinajstić information content (AvgIpc) is 2.09. The topological polar surface area (TPSA) is 56.4 Å². The first-order valence-electron chi connectivity index (χ1n) is 3.06. The SMILES string of the molecule is N#C/C(=N/O)c1ccccc1.[H-].[Na+]. The predicted octanol–water partition coefficient (Wildman–Crippen LogP) is -1.50. The van der Waals surface area contributed by atoms with E-state index < -0.39 is 0 Å². The van der Waals surface area contributed by atoms with Gasteiger partial charge in [-0.05, 0) is 0 Å². The van der Waals surface area contributed by atoms with Crippen molar-refractivity contribution in [2.75, 3.05) is 0 Å². The van der Waals surface area contributed by atoms with Gasteiger partial charge in [0.25, 0.3) is 0 Å². The molecule has 0 amide bonds.